The molecule has 9 aromatic rings. The number of para-hydroxylation sites is 1. The van der Waals surface area contributed by atoms with Crippen molar-refractivity contribution in [2.75, 3.05) is 0 Å². The van der Waals surface area contributed by atoms with Gasteiger partial charge in [-0.25, -0.2) is 4.98 Å². The molecule has 2 aliphatic carbocycles. The van der Waals surface area contributed by atoms with Gasteiger partial charge in [-0.1, -0.05) is 182 Å². The van der Waals surface area contributed by atoms with Gasteiger partial charge in [0.2, 0.25) is 0 Å². The van der Waals surface area contributed by atoms with Gasteiger partial charge in [0, 0.05) is 16.3 Å². The molecule has 0 fully saturated rings. The Morgan fingerprint density at radius 2 is 0.784 bits per heavy atom. The highest BCUT2D eigenvalue weighted by molar-refractivity contribution is 6.19. The molecule has 0 bridgehead atoms. The van der Waals surface area contributed by atoms with E-state index in [4.69, 9.17) is 4.98 Å². The molecule has 2 aliphatic rings. The SMILES string of the molecule is c1ccc(-c2ccc(-c3ccc(-c4nc5ccccc5c5ccc6c(c45)-c4ccccc4C64c5ccccc5-c5ccccc54)cc3)cc2)cc1. The second kappa shape index (κ2) is 10.7. The van der Waals surface area contributed by atoms with E-state index in [1.807, 2.05) is 0 Å². The maximum atomic E-state index is 5.48. The first-order valence-corrected chi connectivity index (χ1v) is 17.7. The number of pyridine rings is 1. The monoisotopic (exact) mass is 645 g/mol. The summed E-state index contributed by atoms with van der Waals surface area (Å²) in [6.45, 7) is 0. The summed E-state index contributed by atoms with van der Waals surface area (Å²) in [5.74, 6) is 0. The predicted octanol–water partition coefficient (Wildman–Crippen LogP) is 12.7. The average molecular weight is 646 g/mol. The third-order valence-corrected chi connectivity index (χ3v) is 11.3. The Hall–Kier alpha value is -6.57. The molecule has 0 amide bonds. The molecular weight excluding hydrogens is 615 g/mol. The lowest BCUT2D eigenvalue weighted by atomic mass is 9.70. The van der Waals surface area contributed by atoms with Gasteiger partial charge in [0.25, 0.3) is 0 Å². The molecule has 51 heavy (non-hydrogen) atoms. The Kier molecular flexibility index (Phi) is 5.94. The van der Waals surface area contributed by atoms with Gasteiger partial charge in [-0.15, -0.1) is 0 Å². The van der Waals surface area contributed by atoms with Crippen LogP contribution in [0.25, 0.3) is 77.4 Å². The minimum atomic E-state index is -0.397. The van der Waals surface area contributed by atoms with Crippen LogP contribution in [-0.4, -0.2) is 4.98 Å². The third kappa shape index (κ3) is 3.89. The van der Waals surface area contributed by atoms with Crippen LogP contribution < -0.4 is 0 Å². The number of rotatable bonds is 3. The molecule has 0 saturated carbocycles. The minimum Gasteiger partial charge on any atom is -0.247 e. The first-order valence-electron chi connectivity index (χ1n) is 17.7. The maximum absolute atomic E-state index is 5.48. The second-order valence-corrected chi connectivity index (χ2v) is 13.8. The van der Waals surface area contributed by atoms with E-state index in [9.17, 15) is 0 Å². The van der Waals surface area contributed by atoms with E-state index in [1.54, 1.807) is 0 Å². The molecule has 8 aromatic carbocycles. The number of fused-ring (bicyclic) bond motifs is 14. The van der Waals surface area contributed by atoms with Gasteiger partial charge in [-0.05, 0) is 78.2 Å². The number of benzene rings is 8. The summed E-state index contributed by atoms with van der Waals surface area (Å²) < 4.78 is 0. The van der Waals surface area contributed by atoms with Gasteiger partial charge in [0.15, 0.2) is 0 Å². The van der Waals surface area contributed by atoms with E-state index in [-0.39, 0.29) is 0 Å². The second-order valence-electron chi connectivity index (χ2n) is 13.8. The average Bonchev–Trinajstić information content (AvgIpc) is 3.68. The number of hydrogen-bond donors (Lipinski definition) is 0. The van der Waals surface area contributed by atoms with Gasteiger partial charge in [-0.3, -0.25) is 0 Å². The molecule has 1 nitrogen and oxygen atoms in total. The van der Waals surface area contributed by atoms with Gasteiger partial charge in [0.05, 0.1) is 16.6 Å². The van der Waals surface area contributed by atoms with Crippen molar-refractivity contribution in [1.29, 1.82) is 0 Å². The van der Waals surface area contributed by atoms with Crippen molar-refractivity contribution < 1.29 is 0 Å². The van der Waals surface area contributed by atoms with Crippen molar-refractivity contribution in [2.24, 2.45) is 0 Å². The maximum Gasteiger partial charge on any atom is 0.0794 e. The van der Waals surface area contributed by atoms with Crippen molar-refractivity contribution in [2.45, 2.75) is 5.41 Å². The smallest absolute Gasteiger partial charge is 0.0794 e. The lowest BCUT2D eigenvalue weighted by Gasteiger charge is -2.30. The molecular formula is C50H31N. The molecule has 0 saturated heterocycles. The van der Waals surface area contributed by atoms with Gasteiger partial charge < -0.3 is 0 Å². The summed E-state index contributed by atoms with van der Waals surface area (Å²) >= 11 is 0. The summed E-state index contributed by atoms with van der Waals surface area (Å²) in [5.41, 5.74) is 18.2. The van der Waals surface area contributed by atoms with E-state index in [0.717, 1.165) is 16.8 Å². The summed E-state index contributed by atoms with van der Waals surface area (Å²) in [4.78, 5) is 5.48. The largest absolute Gasteiger partial charge is 0.247 e. The summed E-state index contributed by atoms with van der Waals surface area (Å²) in [6.07, 6.45) is 0. The van der Waals surface area contributed by atoms with Crippen LogP contribution in [0.5, 0.6) is 0 Å². The van der Waals surface area contributed by atoms with Crippen LogP contribution in [0.2, 0.25) is 0 Å². The van der Waals surface area contributed by atoms with E-state index in [1.165, 1.54) is 82.9 Å². The molecule has 1 heteroatoms. The lowest BCUT2D eigenvalue weighted by Crippen LogP contribution is -2.25. The first kappa shape index (κ1) is 28.3. The fourth-order valence-corrected chi connectivity index (χ4v) is 9.14. The van der Waals surface area contributed by atoms with Crippen LogP contribution in [0.4, 0.5) is 0 Å². The number of nitrogens with zero attached hydrogens (tertiary/aromatic N) is 1. The summed E-state index contributed by atoms with van der Waals surface area (Å²) in [7, 11) is 0. The molecule has 1 spiro atoms. The predicted molar refractivity (Wildman–Crippen MR) is 212 cm³/mol. The fourth-order valence-electron chi connectivity index (χ4n) is 9.14. The Balaban J connectivity index is 1.16. The zero-order valence-electron chi connectivity index (χ0n) is 27.8. The molecule has 1 aromatic heterocycles. The van der Waals surface area contributed by atoms with Crippen molar-refractivity contribution in [3.8, 4) is 55.8 Å². The molecule has 0 N–H and O–H groups in total. The highest BCUT2D eigenvalue weighted by Crippen LogP contribution is 2.64. The van der Waals surface area contributed by atoms with Crippen LogP contribution >= 0.6 is 0 Å². The molecule has 0 atom stereocenters. The summed E-state index contributed by atoms with van der Waals surface area (Å²) in [6, 6.07) is 68.9. The summed E-state index contributed by atoms with van der Waals surface area (Å²) in [5, 5.41) is 3.64. The van der Waals surface area contributed by atoms with Crippen molar-refractivity contribution in [3.63, 3.8) is 0 Å². The van der Waals surface area contributed by atoms with Crippen molar-refractivity contribution >= 4 is 21.7 Å². The van der Waals surface area contributed by atoms with Crippen LogP contribution in [0.15, 0.2) is 188 Å². The zero-order valence-corrected chi connectivity index (χ0v) is 27.8. The lowest BCUT2D eigenvalue weighted by molar-refractivity contribution is 0.794. The van der Waals surface area contributed by atoms with Gasteiger partial charge in [-0.2, -0.15) is 0 Å². The highest BCUT2D eigenvalue weighted by Gasteiger charge is 2.52. The van der Waals surface area contributed by atoms with Gasteiger partial charge in [0.1, 0.15) is 0 Å². The Morgan fingerprint density at radius 1 is 0.314 bits per heavy atom. The van der Waals surface area contributed by atoms with E-state index < -0.39 is 5.41 Å². The van der Waals surface area contributed by atoms with E-state index in [2.05, 4.69) is 188 Å². The van der Waals surface area contributed by atoms with E-state index >= 15 is 0 Å². The van der Waals surface area contributed by atoms with Gasteiger partial charge >= 0.3 is 0 Å². The molecule has 0 aliphatic heterocycles. The molecule has 0 radical (unpaired) electrons. The standard InChI is InChI=1S/C50H31N/c1-2-12-32(13-3-1)33-22-24-34(25-23-33)35-26-28-36(29-27-35)49-48-40(39-16-7-11-21-46(39)51-49)30-31-45-47(48)41-17-6-10-20-44(41)50(45)42-18-8-4-14-37(42)38-15-5-9-19-43(38)50/h1-31H. The third-order valence-electron chi connectivity index (χ3n) is 11.3. The zero-order chi connectivity index (χ0) is 33.5. The van der Waals surface area contributed by atoms with Crippen LogP contribution in [-0.2, 0) is 5.41 Å². The Bertz CT molecular complexity index is 2780. The Labute approximate surface area is 297 Å². The highest BCUT2D eigenvalue weighted by atomic mass is 14.7. The number of hydrogen-bond acceptors (Lipinski definition) is 1. The van der Waals surface area contributed by atoms with Crippen LogP contribution in [0.3, 0.4) is 0 Å². The van der Waals surface area contributed by atoms with E-state index in [0.29, 0.717) is 0 Å². The Morgan fingerprint density at radius 3 is 1.41 bits per heavy atom. The molecule has 236 valence electrons. The van der Waals surface area contributed by atoms with Crippen LogP contribution in [0.1, 0.15) is 22.3 Å². The molecule has 11 rings (SSSR count). The van der Waals surface area contributed by atoms with Crippen LogP contribution in [0, 0.1) is 0 Å². The minimum absolute atomic E-state index is 0.397. The van der Waals surface area contributed by atoms with Crippen molar-refractivity contribution in [3.05, 3.63) is 210 Å². The quantitative estimate of drug-likeness (QED) is 0.174. The first-order chi connectivity index (χ1) is 25.3. The fraction of sp³-hybridized carbons (Fsp3) is 0.0200. The topological polar surface area (TPSA) is 12.9 Å². The molecule has 0 unspecified atom stereocenters. The van der Waals surface area contributed by atoms with Crippen molar-refractivity contribution in [1.82, 2.24) is 4.98 Å². The molecule has 1 heterocycles. The number of aromatic nitrogens is 1. The normalized spacial score (nSPS) is 13.3.